The summed E-state index contributed by atoms with van der Waals surface area (Å²) in [6.07, 6.45) is 13.6. The zero-order valence-electron chi connectivity index (χ0n) is 18.3. The molecule has 2 aromatic rings. The summed E-state index contributed by atoms with van der Waals surface area (Å²) < 4.78 is 6.41. The smallest absolute Gasteiger partial charge is 0.120 e. The molecule has 5 rings (SSSR count). The Labute approximate surface area is 181 Å². The minimum atomic E-state index is 0.343. The van der Waals surface area contributed by atoms with Crippen molar-refractivity contribution < 1.29 is 9.84 Å². The largest absolute Gasteiger partial charge is 0.490 e. The van der Waals surface area contributed by atoms with Gasteiger partial charge in [0.2, 0.25) is 0 Å². The lowest BCUT2D eigenvalue weighted by molar-refractivity contribution is 0.0825. The van der Waals surface area contributed by atoms with Crippen molar-refractivity contribution >= 4 is 10.8 Å². The first-order valence-corrected chi connectivity index (χ1v) is 12.2. The Kier molecular flexibility index (Phi) is 6.02. The first kappa shape index (κ1) is 20.3. The predicted octanol–water partition coefficient (Wildman–Crippen LogP) is 5.93. The van der Waals surface area contributed by atoms with E-state index in [2.05, 4.69) is 41.3 Å². The Bertz CT molecular complexity index is 839. The molecule has 1 heterocycles. The van der Waals surface area contributed by atoms with E-state index in [0.29, 0.717) is 24.0 Å². The molecule has 0 aromatic heterocycles. The van der Waals surface area contributed by atoms with Crippen LogP contribution < -0.4 is 4.74 Å². The maximum Gasteiger partial charge on any atom is 0.120 e. The molecule has 2 aliphatic carbocycles. The Hall–Kier alpha value is -1.58. The molecule has 3 aliphatic rings. The van der Waals surface area contributed by atoms with Crippen LogP contribution in [0.1, 0.15) is 69.8 Å². The molecule has 0 amide bonds. The number of aliphatic hydroxyl groups is 1. The van der Waals surface area contributed by atoms with Gasteiger partial charge in [0.1, 0.15) is 5.75 Å². The quantitative estimate of drug-likeness (QED) is 0.667. The van der Waals surface area contributed by atoms with Gasteiger partial charge in [-0.2, -0.15) is 0 Å². The molecule has 0 radical (unpaired) electrons. The lowest BCUT2D eigenvalue weighted by atomic mass is 9.72. The predicted molar refractivity (Wildman–Crippen MR) is 123 cm³/mol. The molecule has 2 aromatic carbocycles. The molecule has 0 atom stereocenters. The van der Waals surface area contributed by atoms with Gasteiger partial charge in [0.25, 0.3) is 0 Å². The fraction of sp³-hybridized carbons (Fsp3) is 0.630. The van der Waals surface area contributed by atoms with Crippen molar-refractivity contribution in [3.63, 3.8) is 0 Å². The van der Waals surface area contributed by atoms with Crippen molar-refractivity contribution in [3.05, 3.63) is 42.0 Å². The summed E-state index contributed by atoms with van der Waals surface area (Å²) in [5.41, 5.74) is 2.06. The summed E-state index contributed by atoms with van der Waals surface area (Å²) in [5, 5.41) is 11.9. The van der Waals surface area contributed by atoms with Gasteiger partial charge in [0.05, 0.1) is 6.10 Å². The fourth-order valence-electron chi connectivity index (χ4n) is 6.17. The lowest BCUT2D eigenvalue weighted by Gasteiger charge is -2.37. The molecular weight excluding hydrogens is 370 g/mol. The second kappa shape index (κ2) is 8.88. The molecule has 1 aliphatic heterocycles. The van der Waals surface area contributed by atoms with E-state index in [1.165, 1.54) is 67.7 Å². The van der Waals surface area contributed by atoms with Crippen molar-refractivity contribution in [3.8, 4) is 5.75 Å². The van der Waals surface area contributed by atoms with Crippen LogP contribution in [-0.2, 0) is 6.54 Å². The van der Waals surface area contributed by atoms with Crippen molar-refractivity contribution in [2.45, 2.75) is 76.9 Å². The minimum absolute atomic E-state index is 0.343. The Morgan fingerprint density at radius 3 is 2.30 bits per heavy atom. The van der Waals surface area contributed by atoms with Crippen molar-refractivity contribution in [2.75, 3.05) is 19.7 Å². The second-order valence-electron chi connectivity index (χ2n) is 10.3. The van der Waals surface area contributed by atoms with E-state index in [0.717, 1.165) is 38.2 Å². The third kappa shape index (κ3) is 4.53. The standard InChI is InChI=1S/C27H37NO2/c29-20-21-9-15-28(16-10-21)19-22-3-4-24-18-26(6-5-23(24)17-22)30-25-7-13-27(14-8-25)11-1-2-12-27/h3-6,17-18,21,25,29H,1-2,7-16,19-20H2. The second-order valence-corrected chi connectivity index (χ2v) is 10.3. The average molecular weight is 408 g/mol. The molecule has 3 heteroatoms. The van der Waals surface area contributed by atoms with Gasteiger partial charge >= 0.3 is 0 Å². The first-order valence-electron chi connectivity index (χ1n) is 12.2. The van der Waals surface area contributed by atoms with Crippen LogP contribution in [-0.4, -0.2) is 35.8 Å². The summed E-state index contributed by atoms with van der Waals surface area (Å²) >= 11 is 0. The highest BCUT2D eigenvalue weighted by atomic mass is 16.5. The van der Waals surface area contributed by atoms with Gasteiger partial charge in [-0.3, -0.25) is 4.90 Å². The zero-order valence-corrected chi connectivity index (χ0v) is 18.3. The van der Waals surface area contributed by atoms with Gasteiger partial charge in [0, 0.05) is 13.2 Å². The Balaban J connectivity index is 1.19. The molecule has 30 heavy (non-hydrogen) atoms. The molecule has 1 N–H and O–H groups in total. The van der Waals surface area contributed by atoms with Crippen molar-refractivity contribution in [1.82, 2.24) is 4.90 Å². The monoisotopic (exact) mass is 407 g/mol. The molecule has 0 bridgehead atoms. The van der Waals surface area contributed by atoms with Gasteiger partial charge in [-0.1, -0.05) is 31.0 Å². The van der Waals surface area contributed by atoms with E-state index in [4.69, 9.17) is 4.74 Å². The number of aliphatic hydroxyl groups excluding tert-OH is 1. The first-order chi connectivity index (χ1) is 14.7. The number of rotatable bonds is 5. The van der Waals surface area contributed by atoms with Gasteiger partial charge in [0.15, 0.2) is 0 Å². The van der Waals surface area contributed by atoms with Gasteiger partial charge < -0.3 is 9.84 Å². The highest BCUT2D eigenvalue weighted by Gasteiger charge is 2.38. The van der Waals surface area contributed by atoms with Crippen LogP contribution in [0, 0.1) is 11.3 Å². The summed E-state index contributed by atoms with van der Waals surface area (Å²) in [6, 6.07) is 13.5. The van der Waals surface area contributed by atoms with Crippen LogP contribution in [0.2, 0.25) is 0 Å². The highest BCUT2D eigenvalue weighted by Crippen LogP contribution is 2.49. The van der Waals surface area contributed by atoms with Crippen LogP contribution >= 0.6 is 0 Å². The summed E-state index contributed by atoms with van der Waals surface area (Å²) in [6.45, 7) is 3.55. The number of fused-ring (bicyclic) bond motifs is 1. The molecule has 0 unspecified atom stereocenters. The van der Waals surface area contributed by atoms with Crippen LogP contribution in [0.3, 0.4) is 0 Å². The number of nitrogens with zero attached hydrogens (tertiary/aromatic N) is 1. The molecule has 3 fully saturated rings. The van der Waals surface area contributed by atoms with Gasteiger partial charge in [-0.05, 0) is 110 Å². The molecule has 2 saturated carbocycles. The van der Waals surface area contributed by atoms with E-state index in [1.54, 1.807) is 0 Å². The van der Waals surface area contributed by atoms with E-state index in [-0.39, 0.29) is 0 Å². The third-order valence-electron chi connectivity index (χ3n) is 8.21. The average Bonchev–Trinajstić information content (AvgIpc) is 3.24. The third-order valence-corrected chi connectivity index (χ3v) is 8.21. The van der Waals surface area contributed by atoms with E-state index in [9.17, 15) is 5.11 Å². The van der Waals surface area contributed by atoms with Crippen LogP contribution in [0.25, 0.3) is 10.8 Å². The number of hydrogen-bond donors (Lipinski definition) is 1. The van der Waals surface area contributed by atoms with Gasteiger partial charge in [-0.25, -0.2) is 0 Å². The summed E-state index contributed by atoms with van der Waals surface area (Å²) in [5.74, 6) is 1.54. The zero-order chi connectivity index (χ0) is 20.4. The van der Waals surface area contributed by atoms with Crippen LogP contribution in [0.15, 0.2) is 36.4 Å². The van der Waals surface area contributed by atoms with Crippen molar-refractivity contribution in [1.29, 1.82) is 0 Å². The number of benzene rings is 2. The minimum Gasteiger partial charge on any atom is -0.490 e. The topological polar surface area (TPSA) is 32.7 Å². The van der Waals surface area contributed by atoms with Crippen molar-refractivity contribution in [2.24, 2.45) is 11.3 Å². The van der Waals surface area contributed by atoms with E-state index >= 15 is 0 Å². The maximum atomic E-state index is 9.33. The molecule has 1 saturated heterocycles. The molecule has 3 nitrogen and oxygen atoms in total. The SMILES string of the molecule is OCC1CCN(Cc2ccc3cc(OC4CCC5(CCCC5)CC4)ccc3c2)CC1. The van der Waals surface area contributed by atoms with Gasteiger partial charge in [-0.15, -0.1) is 0 Å². The maximum absolute atomic E-state index is 9.33. The molecule has 1 spiro atoms. The lowest BCUT2D eigenvalue weighted by Crippen LogP contribution is -2.34. The van der Waals surface area contributed by atoms with Crippen LogP contribution in [0.4, 0.5) is 0 Å². The number of likely N-dealkylation sites (tertiary alicyclic amines) is 1. The number of piperidine rings is 1. The molecule has 162 valence electrons. The Morgan fingerprint density at radius 2 is 1.57 bits per heavy atom. The summed E-state index contributed by atoms with van der Waals surface area (Å²) in [4.78, 5) is 2.52. The normalized spacial score (nSPS) is 23.4. The molecular formula is C27H37NO2. The fourth-order valence-corrected chi connectivity index (χ4v) is 6.17. The van der Waals surface area contributed by atoms with E-state index in [1.807, 2.05) is 0 Å². The number of ether oxygens (including phenoxy) is 1. The number of hydrogen-bond acceptors (Lipinski definition) is 3. The highest BCUT2D eigenvalue weighted by molar-refractivity contribution is 5.84. The Morgan fingerprint density at radius 1 is 0.867 bits per heavy atom. The van der Waals surface area contributed by atoms with E-state index < -0.39 is 0 Å². The van der Waals surface area contributed by atoms with Crippen LogP contribution in [0.5, 0.6) is 5.75 Å². The summed E-state index contributed by atoms with van der Waals surface area (Å²) in [7, 11) is 0.